The first kappa shape index (κ1) is 29.8. The first-order valence-electron chi connectivity index (χ1n) is 15.2. The predicted octanol–water partition coefficient (Wildman–Crippen LogP) is 3.18. The number of carbonyl (C=O) groups is 1. The Bertz CT molecular complexity index is 1830. The zero-order valence-electron chi connectivity index (χ0n) is 25.1. The topological polar surface area (TPSA) is 149 Å². The molecule has 238 valence electrons. The van der Waals surface area contributed by atoms with Gasteiger partial charge in [0.15, 0.2) is 0 Å². The van der Waals surface area contributed by atoms with Crippen molar-refractivity contribution in [3.63, 3.8) is 0 Å². The number of carboxylic acids is 1. The van der Waals surface area contributed by atoms with Crippen LogP contribution < -0.4 is 16.0 Å². The first-order valence-corrected chi connectivity index (χ1v) is 16.0. The molecule has 0 unspecified atom stereocenters. The number of rotatable bonds is 12. The summed E-state index contributed by atoms with van der Waals surface area (Å²) in [7, 11) is 1.60. The molecule has 1 saturated carbocycles. The Morgan fingerprint density at radius 1 is 1.13 bits per heavy atom. The molecule has 3 fully saturated rings. The van der Waals surface area contributed by atoms with E-state index in [4.69, 9.17) is 18.9 Å². The van der Waals surface area contributed by atoms with Gasteiger partial charge in [-0.25, -0.2) is 14.2 Å². The predicted molar refractivity (Wildman–Crippen MR) is 163 cm³/mol. The molecule has 1 aliphatic carbocycles. The Labute approximate surface area is 261 Å². The number of methoxy groups -OCH3 is 1. The number of hydrogen-bond acceptors (Lipinski definition) is 10. The van der Waals surface area contributed by atoms with Crippen LogP contribution in [-0.4, -0.2) is 73.8 Å². The summed E-state index contributed by atoms with van der Waals surface area (Å²) in [6.45, 7) is 2.50. The van der Waals surface area contributed by atoms with Crippen molar-refractivity contribution < 1.29 is 28.8 Å². The molecule has 13 nitrogen and oxygen atoms in total. The van der Waals surface area contributed by atoms with E-state index in [0.29, 0.717) is 34.4 Å². The largest absolute Gasteiger partial charge is 0.491 e. The van der Waals surface area contributed by atoms with E-state index < -0.39 is 28.9 Å². The van der Waals surface area contributed by atoms with Crippen LogP contribution in [0, 0.1) is 6.92 Å². The van der Waals surface area contributed by atoms with Gasteiger partial charge in [-0.05, 0) is 51.5 Å². The van der Waals surface area contributed by atoms with E-state index in [1.165, 1.54) is 33.1 Å². The molecule has 1 aromatic carbocycles. The van der Waals surface area contributed by atoms with E-state index >= 15 is 0 Å². The van der Waals surface area contributed by atoms with Crippen LogP contribution in [0.2, 0.25) is 0 Å². The number of aliphatic carboxylic acids is 1. The van der Waals surface area contributed by atoms with E-state index in [9.17, 15) is 19.5 Å². The van der Waals surface area contributed by atoms with Crippen LogP contribution >= 0.6 is 11.3 Å². The standard InChI is InChI=1S/C31H35N5O8S/c1-18-25-26(37)35(31(9-10-31)29(38)39)30(40)34(28(25)45-27(18)36-32-11-12-33-36)17-24(44-21-15-19-7-8-20(16-21)43-19)22-5-3-4-6-23(22)42-14-13-41-2/h3-6,11-12,19-21,24H,7-10,13-17H2,1-2H3,(H,38,39)/t19-,20-,24+/m1/s1. The van der Waals surface area contributed by atoms with Gasteiger partial charge in [-0.15, -0.1) is 4.80 Å². The van der Waals surface area contributed by atoms with Gasteiger partial charge in [0.1, 0.15) is 33.8 Å². The number of benzene rings is 1. The quantitative estimate of drug-likeness (QED) is 0.230. The molecule has 2 bridgehead atoms. The van der Waals surface area contributed by atoms with Crippen LogP contribution in [0.25, 0.3) is 15.2 Å². The number of thiophene rings is 1. The van der Waals surface area contributed by atoms with Gasteiger partial charge < -0.3 is 24.1 Å². The molecule has 0 radical (unpaired) electrons. The van der Waals surface area contributed by atoms with Gasteiger partial charge in [0.05, 0.1) is 49.2 Å². The number of aromatic nitrogens is 5. The number of para-hydroxylation sites is 1. The summed E-state index contributed by atoms with van der Waals surface area (Å²) >= 11 is 1.22. The van der Waals surface area contributed by atoms with E-state index in [1.807, 2.05) is 24.3 Å². The monoisotopic (exact) mass is 637 g/mol. The lowest BCUT2D eigenvalue weighted by Gasteiger charge is -2.32. The maximum absolute atomic E-state index is 14.4. The van der Waals surface area contributed by atoms with Crippen LogP contribution in [0.3, 0.4) is 0 Å². The third kappa shape index (κ3) is 5.29. The first-order chi connectivity index (χ1) is 21.8. The number of aryl methyl sites for hydroxylation is 1. The molecule has 3 atom stereocenters. The summed E-state index contributed by atoms with van der Waals surface area (Å²) < 4.78 is 26.7. The van der Waals surface area contributed by atoms with Crippen molar-refractivity contribution in [2.24, 2.45) is 0 Å². The molecule has 4 aromatic rings. The molecule has 5 heterocycles. The minimum atomic E-state index is -1.58. The number of fused-ring (bicyclic) bond motifs is 3. The summed E-state index contributed by atoms with van der Waals surface area (Å²) in [6, 6.07) is 7.53. The van der Waals surface area contributed by atoms with Crippen LogP contribution in [0.5, 0.6) is 5.75 Å². The lowest BCUT2D eigenvalue weighted by molar-refractivity contribution is -0.142. The third-order valence-corrected chi connectivity index (χ3v) is 10.4. The average Bonchev–Trinajstić information content (AvgIpc) is 3.31. The van der Waals surface area contributed by atoms with Gasteiger partial charge in [0.2, 0.25) is 0 Å². The molecule has 7 rings (SSSR count). The van der Waals surface area contributed by atoms with Gasteiger partial charge in [-0.1, -0.05) is 29.5 Å². The van der Waals surface area contributed by atoms with Gasteiger partial charge in [0, 0.05) is 18.2 Å². The smallest absolute Gasteiger partial charge is 0.333 e. The molecule has 3 aliphatic rings. The van der Waals surface area contributed by atoms with Gasteiger partial charge in [-0.2, -0.15) is 10.2 Å². The lowest BCUT2D eigenvalue weighted by atomic mass is 10.0. The van der Waals surface area contributed by atoms with Gasteiger partial charge in [0.25, 0.3) is 5.56 Å². The average molecular weight is 638 g/mol. The minimum absolute atomic E-state index is 0.0224. The van der Waals surface area contributed by atoms with E-state index in [2.05, 4.69) is 10.2 Å². The zero-order chi connectivity index (χ0) is 31.3. The Morgan fingerprint density at radius 2 is 1.84 bits per heavy atom. The van der Waals surface area contributed by atoms with Crippen LogP contribution in [-0.2, 0) is 31.1 Å². The van der Waals surface area contributed by atoms with Crippen molar-refractivity contribution in [1.82, 2.24) is 24.1 Å². The lowest BCUT2D eigenvalue weighted by Crippen LogP contribution is -2.49. The maximum atomic E-state index is 14.4. The molecule has 0 amide bonds. The van der Waals surface area contributed by atoms with E-state index in [1.54, 1.807) is 14.0 Å². The molecule has 1 N–H and O–H groups in total. The maximum Gasteiger partial charge on any atom is 0.333 e. The van der Waals surface area contributed by atoms with Crippen LogP contribution in [0.15, 0.2) is 46.2 Å². The fraction of sp³-hybridized carbons (Fsp3) is 0.516. The number of ether oxygens (including phenoxy) is 4. The highest BCUT2D eigenvalue weighted by Crippen LogP contribution is 2.43. The van der Waals surface area contributed by atoms with Crippen molar-refractivity contribution in [3.8, 4) is 10.8 Å². The number of hydrogen-bond donors (Lipinski definition) is 1. The van der Waals surface area contributed by atoms with Gasteiger partial charge >= 0.3 is 11.7 Å². The molecule has 0 spiro atoms. The molecular formula is C31H35N5O8S. The highest BCUT2D eigenvalue weighted by atomic mass is 32.1. The SMILES string of the molecule is COCCOc1ccccc1[C@H](Cn1c(=O)n(C2(C(=O)O)CC2)c(=O)c2c(C)c(-n3nccn3)sc21)OC1C[C@H]2CC[C@H](C1)O2. The fourth-order valence-electron chi connectivity index (χ4n) is 6.68. The van der Waals surface area contributed by atoms with Crippen molar-refractivity contribution in [3.05, 3.63) is 68.6 Å². The summed E-state index contributed by atoms with van der Waals surface area (Å²) in [5.41, 5.74) is -1.58. The molecule has 2 aliphatic heterocycles. The van der Waals surface area contributed by atoms with Crippen LogP contribution in [0.1, 0.15) is 55.8 Å². The Morgan fingerprint density at radius 3 is 2.51 bits per heavy atom. The third-order valence-electron chi connectivity index (χ3n) is 9.10. The molecule has 3 aromatic heterocycles. The number of nitrogens with zero attached hydrogens (tertiary/aromatic N) is 5. The summed E-state index contributed by atoms with van der Waals surface area (Å²) in [5.74, 6) is -0.600. The summed E-state index contributed by atoms with van der Waals surface area (Å²) in [4.78, 5) is 42.7. The fourth-order valence-corrected chi connectivity index (χ4v) is 7.90. The van der Waals surface area contributed by atoms with Crippen molar-refractivity contribution in [1.29, 1.82) is 0 Å². The highest BCUT2D eigenvalue weighted by Gasteiger charge is 2.55. The Hall–Kier alpha value is -3.85. The van der Waals surface area contributed by atoms with E-state index in [0.717, 1.165) is 35.8 Å². The number of carboxylic acid groups (broad SMARTS) is 1. The Kier molecular flexibility index (Phi) is 7.84. The van der Waals surface area contributed by atoms with Crippen molar-refractivity contribution >= 4 is 27.5 Å². The van der Waals surface area contributed by atoms with Crippen LogP contribution in [0.4, 0.5) is 0 Å². The molecular weight excluding hydrogens is 602 g/mol. The summed E-state index contributed by atoms with van der Waals surface area (Å²) in [6.07, 6.45) is 6.40. The zero-order valence-corrected chi connectivity index (χ0v) is 25.9. The van der Waals surface area contributed by atoms with Gasteiger partial charge in [-0.3, -0.25) is 9.36 Å². The van der Waals surface area contributed by atoms with Crippen molar-refractivity contribution in [2.45, 2.75) is 81.9 Å². The minimum Gasteiger partial charge on any atom is -0.491 e. The van der Waals surface area contributed by atoms with E-state index in [-0.39, 0.29) is 43.1 Å². The molecule has 14 heteroatoms. The summed E-state index contributed by atoms with van der Waals surface area (Å²) in [5, 5.41) is 19.5. The highest BCUT2D eigenvalue weighted by molar-refractivity contribution is 7.21. The normalized spacial score (nSPS) is 22.5. The van der Waals surface area contributed by atoms with Crippen molar-refractivity contribution in [2.75, 3.05) is 20.3 Å². The molecule has 45 heavy (non-hydrogen) atoms. The Balaban J connectivity index is 1.39. The second-order valence-electron chi connectivity index (χ2n) is 12.0. The second-order valence-corrected chi connectivity index (χ2v) is 12.9. The molecule has 2 saturated heterocycles. The second kappa shape index (κ2) is 11.8.